The second-order valence-electron chi connectivity index (χ2n) is 5.91. The average molecular weight is 368 g/mol. The summed E-state index contributed by atoms with van der Waals surface area (Å²) in [5, 5.41) is 10.3. The molecular formula is C20H20N2O5. The molecule has 0 saturated heterocycles. The predicted octanol–water partition coefficient (Wildman–Crippen LogP) is 2.01. The van der Waals surface area contributed by atoms with Gasteiger partial charge in [0.25, 0.3) is 5.56 Å². The van der Waals surface area contributed by atoms with Crippen molar-refractivity contribution in [2.75, 3.05) is 13.2 Å². The Morgan fingerprint density at radius 2 is 1.93 bits per heavy atom. The van der Waals surface area contributed by atoms with Gasteiger partial charge in [0, 0.05) is 0 Å². The Balaban J connectivity index is 1.64. The molecule has 3 rings (SSSR count). The predicted molar refractivity (Wildman–Crippen MR) is 99.9 cm³/mol. The number of esters is 1. The molecule has 0 aliphatic carbocycles. The number of para-hydroxylation sites is 2. The highest BCUT2D eigenvalue weighted by molar-refractivity contribution is 5.89. The highest BCUT2D eigenvalue weighted by atomic mass is 16.5. The highest BCUT2D eigenvalue weighted by Crippen LogP contribution is 2.14. The summed E-state index contributed by atoms with van der Waals surface area (Å²) in [7, 11) is 0. The number of benzene rings is 2. The van der Waals surface area contributed by atoms with Gasteiger partial charge in [-0.2, -0.15) is 0 Å². The second-order valence-corrected chi connectivity index (χ2v) is 5.91. The third-order valence-corrected chi connectivity index (χ3v) is 3.95. The van der Waals surface area contributed by atoms with E-state index < -0.39 is 12.1 Å². The zero-order valence-electron chi connectivity index (χ0n) is 14.9. The molecule has 1 aromatic heterocycles. The van der Waals surface area contributed by atoms with Crippen molar-refractivity contribution in [2.45, 2.75) is 19.6 Å². The van der Waals surface area contributed by atoms with Crippen molar-refractivity contribution < 1.29 is 19.4 Å². The van der Waals surface area contributed by atoms with Gasteiger partial charge in [-0.1, -0.05) is 12.1 Å². The summed E-state index contributed by atoms with van der Waals surface area (Å²) in [4.78, 5) is 27.8. The van der Waals surface area contributed by atoms with Crippen molar-refractivity contribution in [1.29, 1.82) is 0 Å². The van der Waals surface area contributed by atoms with E-state index in [1.165, 1.54) is 10.8 Å². The lowest BCUT2D eigenvalue weighted by Crippen LogP contribution is -2.30. The summed E-state index contributed by atoms with van der Waals surface area (Å²) >= 11 is 0. The van der Waals surface area contributed by atoms with Crippen LogP contribution in [0.25, 0.3) is 11.0 Å². The summed E-state index contributed by atoms with van der Waals surface area (Å²) in [5.74, 6) is 0.113. The van der Waals surface area contributed by atoms with Gasteiger partial charge < -0.3 is 19.1 Å². The standard InChI is InChI=1S/C20H20N2O5/c1-2-26-20(25)14-7-9-16(10-8-14)27-13-15(23)12-22-18-6-4-3-5-17(18)21-11-19(22)24/h3-11,15,23H,2,12-13H2,1H3/t15-/m0/s1. The molecule has 140 valence electrons. The van der Waals surface area contributed by atoms with E-state index in [1.807, 2.05) is 12.1 Å². The van der Waals surface area contributed by atoms with Crippen molar-refractivity contribution in [3.63, 3.8) is 0 Å². The van der Waals surface area contributed by atoms with Crippen LogP contribution in [0.15, 0.2) is 59.5 Å². The monoisotopic (exact) mass is 368 g/mol. The molecule has 0 aliphatic heterocycles. The third kappa shape index (κ3) is 4.51. The Morgan fingerprint density at radius 3 is 2.67 bits per heavy atom. The van der Waals surface area contributed by atoms with Crippen molar-refractivity contribution in [1.82, 2.24) is 9.55 Å². The van der Waals surface area contributed by atoms with Gasteiger partial charge in [-0.3, -0.25) is 4.79 Å². The van der Waals surface area contributed by atoms with Crippen LogP contribution in [0.4, 0.5) is 0 Å². The number of aliphatic hydroxyl groups is 1. The van der Waals surface area contributed by atoms with E-state index in [-0.39, 0.29) is 18.7 Å². The van der Waals surface area contributed by atoms with Crippen LogP contribution in [0.1, 0.15) is 17.3 Å². The molecule has 3 aromatic rings. The number of rotatable bonds is 7. The summed E-state index contributed by atoms with van der Waals surface area (Å²) < 4.78 is 11.9. The van der Waals surface area contributed by atoms with Gasteiger partial charge in [0.05, 0.1) is 35.9 Å². The first-order valence-electron chi connectivity index (χ1n) is 8.61. The lowest BCUT2D eigenvalue weighted by molar-refractivity contribution is 0.0526. The number of carbonyl (C=O) groups is 1. The lowest BCUT2D eigenvalue weighted by Gasteiger charge is -2.15. The van der Waals surface area contributed by atoms with Crippen molar-refractivity contribution in [2.24, 2.45) is 0 Å². The second kappa shape index (κ2) is 8.46. The van der Waals surface area contributed by atoms with Gasteiger partial charge in [-0.15, -0.1) is 0 Å². The fourth-order valence-electron chi connectivity index (χ4n) is 2.66. The normalized spacial score (nSPS) is 11.9. The van der Waals surface area contributed by atoms with Gasteiger partial charge in [0.2, 0.25) is 0 Å². The van der Waals surface area contributed by atoms with E-state index >= 15 is 0 Å². The summed E-state index contributed by atoms with van der Waals surface area (Å²) in [6.45, 7) is 2.14. The number of nitrogens with zero attached hydrogens (tertiary/aromatic N) is 2. The maximum Gasteiger partial charge on any atom is 0.338 e. The quantitative estimate of drug-likeness (QED) is 0.642. The third-order valence-electron chi connectivity index (χ3n) is 3.95. The molecule has 0 aliphatic rings. The fourth-order valence-corrected chi connectivity index (χ4v) is 2.66. The SMILES string of the molecule is CCOC(=O)c1ccc(OC[C@@H](O)Cn2c(=O)cnc3ccccc32)cc1. The van der Waals surface area contributed by atoms with Crippen LogP contribution in [0.2, 0.25) is 0 Å². The molecule has 0 radical (unpaired) electrons. The first-order valence-corrected chi connectivity index (χ1v) is 8.61. The molecule has 2 aromatic carbocycles. The number of hydrogen-bond acceptors (Lipinski definition) is 6. The number of ether oxygens (including phenoxy) is 2. The molecule has 1 heterocycles. The van der Waals surface area contributed by atoms with Gasteiger partial charge in [-0.05, 0) is 43.3 Å². The number of aromatic nitrogens is 2. The van der Waals surface area contributed by atoms with Gasteiger partial charge in [0.1, 0.15) is 18.5 Å². The van der Waals surface area contributed by atoms with Crippen molar-refractivity contribution in [3.05, 3.63) is 70.6 Å². The number of carbonyl (C=O) groups excluding carboxylic acids is 1. The van der Waals surface area contributed by atoms with Crippen LogP contribution >= 0.6 is 0 Å². The molecule has 7 nitrogen and oxygen atoms in total. The minimum absolute atomic E-state index is 0.00183. The maximum absolute atomic E-state index is 12.1. The summed E-state index contributed by atoms with van der Waals surface area (Å²) in [6.07, 6.45) is 0.350. The topological polar surface area (TPSA) is 90.7 Å². The number of hydrogen-bond donors (Lipinski definition) is 1. The van der Waals surface area contributed by atoms with Crippen LogP contribution in [0.5, 0.6) is 5.75 Å². The molecule has 27 heavy (non-hydrogen) atoms. The molecule has 7 heteroatoms. The van der Waals surface area contributed by atoms with Crippen LogP contribution < -0.4 is 10.3 Å². The van der Waals surface area contributed by atoms with Crippen LogP contribution in [0.3, 0.4) is 0 Å². The smallest absolute Gasteiger partial charge is 0.338 e. The molecule has 0 spiro atoms. The minimum Gasteiger partial charge on any atom is -0.491 e. The Kier molecular flexibility index (Phi) is 5.83. The van der Waals surface area contributed by atoms with Crippen LogP contribution in [-0.4, -0.2) is 39.9 Å². The molecule has 1 N–H and O–H groups in total. The fraction of sp³-hybridized carbons (Fsp3) is 0.250. The molecule has 0 amide bonds. The molecule has 0 unspecified atom stereocenters. The van der Waals surface area contributed by atoms with E-state index in [4.69, 9.17) is 9.47 Å². The Labute approximate surface area is 155 Å². The molecule has 0 bridgehead atoms. The summed E-state index contributed by atoms with van der Waals surface area (Å²) in [5.41, 5.74) is 1.48. The largest absolute Gasteiger partial charge is 0.491 e. The first kappa shape index (κ1) is 18.6. The zero-order chi connectivity index (χ0) is 19.2. The Morgan fingerprint density at radius 1 is 1.19 bits per heavy atom. The average Bonchev–Trinajstić information content (AvgIpc) is 2.69. The van der Waals surface area contributed by atoms with Gasteiger partial charge in [0.15, 0.2) is 0 Å². The Bertz CT molecular complexity index is 982. The van der Waals surface area contributed by atoms with Gasteiger partial charge in [-0.25, -0.2) is 9.78 Å². The van der Waals surface area contributed by atoms with Gasteiger partial charge >= 0.3 is 5.97 Å². The number of aliphatic hydroxyl groups excluding tert-OH is 1. The minimum atomic E-state index is -0.891. The van der Waals surface area contributed by atoms with E-state index in [2.05, 4.69) is 4.98 Å². The van der Waals surface area contributed by atoms with Crippen LogP contribution in [0, 0.1) is 0 Å². The lowest BCUT2D eigenvalue weighted by atomic mass is 10.2. The maximum atomic E-state index is 12.1. The molecule has 0 saturated carbocycles. The zero-order valence-corrected chi connectivity index (χ0v) is 14.9. The molecule has 0 fully saturated rings. The summed E-state index contributed by atoms with van der Waals surface area (Å²) in [6, 6.07) is 13.7. The highest BCUT2D eigenvalue weighted by Gasteiger charge is 2.11. The number of fused-ring (bicyclic) bond motifs is 1. The van der Waals surface area contributed by atoms with Crippen LogP contribution in [-0.2, 0) is 11.3 Å². The first-order chi connectivity index (χ1) is 13.1. The van der Waals surface area contributed by atoms with E-state index in [0.717, 1.165) is 0 Å². The van der Waals surface area contributed by atoms with E-state index in [1.54, 1.807) is 43.3 Å². The van der Waals surface area contributed by atoms with Crippen molar-refractivity contribution >= 4 is 17.0 Å². The Hall–Kier alpha value is -3.19. The van der Waals surface area contributed by atoms with E-state index in [9.17, 15) is 14.7 Å². The molecule has 1 atom stereocenters. The van der Waals surface area contributed by atoms with Crippen molar-refractivity contribution in [3.8, 4) is 5.75 Å². The molecular weight excluding hydrogens is 348 g/mol. The van der Waals surface area contributed by atoms with E-state index in [0.29, 0.717) is 29.0 Å².